The monoisotopic (exact) mass is 197 g/mol. The minimum absolute atomic E-state index is 0.124. The number of aliphatic hydroxyl groups is 1. The zero-order chi connectivity index (χ0) is 9.26. The van der Waals surface area contributed by atoms with E-state index in [1.165, 1.54) is 5.56 Å². The molecule has 0 saturated heterocycles. The van der Waals surface area contributed by atoms with Gasteiger partial charge in [-0.15, -0.1) is 0 Å². The molecule has 0 aromatic carbocycles. The maximum Gasteiger partial charge on any atom is 0.129 e. The first-order chi connectivity index (χ1) is 6.25. The van der Waals surface area contributed by atoms with E-state index in [2.05, 4.69) is 4.98 Å². The molecular formula is C10H12ClNO. The van der Waals surface area contributed by atoms with Crippen molar-refractivity contribution in [1.82, 2.24) is 4.98 Å². The normalized spacial score (nSPS) is 27.8. The number of aromatic nitrogens is 1. The first-order valence-electron chi connectivity index (χ1n) is 4.55. The Balaban J connectivity index is 2.13. The average Bonchev–Trinajstić information content (AvgIpc) is 2.53. The van der Waals surface area contributed by atoms with E-state index >= 15 is 0 Å². The van der Waals surface area contributed by atoms with E-state index < -0.39 is 0 Å². The van der Waals surface area contributed by atoms with Crippen molar-refractivity contribution < 1.29 is 5.11 Å². The van der Waals surface area contributed by atoms with Gasteiger partial charge >= 0.3 is 0 Å². The smallest absolute Gasteiger partial charge is 0.129 e. The van der Waals surface area contributed by atoms with Crippen LogP contribution < -0.4 is 0 Å². The number of aliphatic hydroxyl groups excluding tert-OH is 1. The fourth-order valence-electron chi connectivity index (χ4n) is 1.89. The van der Waals surface area contributed by atoms with E-state index in [0.717, 1.165) is 19.3 Å². The molecular weight excluding hydrogens is 186 g/mol. The van der Waals surface area contributed by atoms with Crippen LogP contribution in [0, 0.1) is 0 Å². The van der Waals surface area contributed by atoms with Gasteiger partial charge in [0.15, 0.2) is 0 Å². The standard InChI is InChI=1S/C10H12ClNO/c11-10-4-2-8(6-12-10)7-1-3-9(13)5-7/h2,4,6-7,9,13H,1,3,5H2. The summed E-state index contributed by atoms with van der Waals surface area (Å²) in [5, 5.41) is 9.90. The second kappa shape index (κ2) is 3.64. The lowest BCUT2D eigenvalue weighted by Crippen LogP contribution is -1.99. The van der Waals surface area contributed by atoms with Crippen LogP contribution in [0.4, 0.5) is 0 Å². The molecule has 0 radical (unpaired) electrons. The van der Waals surface area contributed by atoms with Gasteiger partial charge in [-0.05, 0) is 36.8 Å². The molecule has 1 heterocycles. The second-order valence-corrected chi connectivity index (χ2v) is 3.97. The highest BCUT2D eigenvalue weighted by Crippen LogP contribution is 2.34. The predicted octanol–water partition coefficient (Wildman–Crippen LogP) is 2.36. The second-order valence-electron chi connectivity index (χ2n) is 3.58. The quantitative estimate of drug-likeness (QED) is 0.702. The van der Waals surface area contributed by atoms with Gasteiger partial charge < -0.3 is 5.11 Å². The van der Waals surface area contributed by atoms with E-state index in [1.807, 2.05) is 18.3 Å². The minimum Gasteiger partial charge on any atom is -0.393 e. The van der Waals surface area contributed by atoms with Crippen LogP contribution >= 0.6 is 11.6 Å². The van der Waals surface area contributed by atoms with Crippen LogP contribution in [-0.4, -0.2) is 16.2 Å². The molecule has 1 saturated carbocycles. The van der Waals surface area contributed by atoms with E-state index in [0.29, 0.717) is 11.1 Å². The molecule has 13 heavy (non-hydrogen) atoms. The van der Waals surface area contributed by atoms with Crippen molar-refractivity contribution in [2.75, 3.05) is 0 Å². The van der Waals surface area contributed by atoms with Gasteiger partial charge in [0.1, 0.15) is 5.15 Å². The fourth-order valence-corrected chi connectivity index (χ4v) is 2.00. The summed E-state index contributed by atoms with van der Waals surface area (Å²) in [7, 11) is 0. The largest absolute Gasteiger partial charge is 0.393 e. The molecule has 0 amide bonds. The number of pyridine rings is 1. The van der Waals surface area contributed by atoms with Crippen LogP contribution in [0.1, 0.15) is 30.7 Å². The van der Waals surface area contributed by atoms with Gasteiger partial charge in [-0.1, -0.05) is 17.7 Å². The molecule has 0 aliphatic heterocycles. The van der Waals surface area contributed by atoms with Gasteiger partial charge in [0.05, 0.1) is 6.10 Å². The Morgan fingerprint density at radius 1 is 1.38 bits per heavy atom. The molecule has 1 aliphatic rings. The maximum absolute atomic E-state index is 9.37. The summed E-state index contributed by atoms with van der Waals surface area (Å²) in [6, 6.07) is 3.81. The lowest BCUT2D eigenvalue weighted by Gasteiger charge is -2.08. The fraction of sp³-hybridized carbons (Fsp3) is 0.500. The third-order valence-corrected chi connectivity index (χ3v) is 2.85. The molecule has 1 aliphatic carbocycles. The molecule has 0 bridgehead atoms. The van der Waals surface area contributed by atoms with Gasteiger partial charge in [-0.2, -0.15) is 0 Å². The molecule has 1 fully saturated rings. The molecule has 2 rings (SSSR count). The highest BCUT2D eigenvalue weighted by Gasteiger charge is 2.23. The topological polar surface area (TPSA) is 33.1 Å². The summed E-state index contributed by atoms with van der Waals surface area (Å²) in [4.78, 5) is 4.03. The van der Waals surface area contributed by atoms with E-state index in [4.69, 9.17) is 11.6 Å². The molecule has 2 atom stereocenters. The number of halogens is 1. The molecule has 70 valence electrons. The van der Waals surface area contributed by atoms with Gasteiger partial charge in [-0.3, -0.25) is 0 Å². The summed E-state index contributed by atoms with van der Waals surface area (Å²) in [5.41, 5.74) is 1.20. The van der Waals surface area contributed by atoms with Crippen LogP contribution in [0.3, 0.4) is 0 Å². The number of hydrogen-bond acceptors (Lipinski definition) is 2. The minimum atomic E-state index is -0.124. The average molecular weight is 198 g/mol. The molecule has 0 spiro atoms. The number of rotatable bonds is 1. The molecule has 2 nitrogen and oxygen atoms in total. The van der Waals surface area contributed by atoms with Crippen molar-refractivity contribution in [1.29, 1.82) is 0 Å². The molecule has 2 unspecified atom stereocenters. The van der Waals surface area contributed by atoms with Gasteiger partial charge in [0.2, 0.25) is 0 Å². The van der Waals surface area contributed by atoms with Crippen molar-refractivity contribution in [3.63, 3.8) is 0 Å². The van der Waals surface area contributed by atoms with Crippen molar-refractivity contribution >= 4 is 11.6 Å². The third-order valence-electron chi connectivity index (χ3n) is 2.63. The summed E-state index contributed by atoms with van der Waals surface area (Å²) < 4.78 is 0. The zero-order valence-corrected chi connectivity index (χ0v) is 8.04. The summed E-state index contributed by atoms with van der Waals surface area (Å²) in [6.07, 6.45) is 4.52. The number of hydrogen-bond donors (Lipinski definition) is 1. The Labute approximate surface area is 82.6 Å². The zero-order valence-electron chi connectivity index (χ0n) is 7.28. The highest BCUT2D eigenvalue weighted by molar-refractivity contribution is 6.29. The summed E-state index contributed by atoms with van der Waals surface area (Å²) in [6.45, 7) is 0. The predicted molar refractivity (Wildman–Crippen MR) is 51.8 cm³/mol. The van der Waals surface area contributed by atoms with Gasteiger partial charge in [-0.25, -0.2) is 4.98 Å². The molecule has 1 aromatic rings. The van der Waals surface area contributed by atoms with Crippen molar-refractivity contribution in [2.24, 2.45) is 0 Å². The highest BCUT2D eigenvalue weighted by atomic mass is 35.5. The Bertz CT molecular complexity index is 285. The van der Waals surface area contributed by atoms with Gasteiger partial charge in [0, 0.05) is 6.20 Å². The summed E-state index contributed by atoms with van der Waals surface area (Å²) in [5.74, 6) is 0.472. The van der Waals surface area contributed by atoms with E-state index in [-0.39, 0.29) is 6.10 Å². The Morgan fingerprint density at radius 2 is 2.23 bits per heavy atom. The van der Waals surface area contributed by atoms with E-state index in [1.54, 1.807) is 0 Å². The third kappa shape index (κ3) is 2.01. The van der Waals surface area contributed by atoms with Crippen molar-refractivity contribution in [2.45, 2.75) is 31.3 Å². The van der Waals surface area contributed by atoms with Crippen LogP contribution in [0.15, 0.2) is 18.3 Å². The molecule has 1 aromatic heterocycles. The Morgan fingerprint density at radius 3 is 2.77 bits per heavy atom. The van der Waals surface area contributed by atoms with Gasteiger partial charge in [0.25, 0.3) is 0 Å². The first kappa shape index (κ1) is 8.97. The lowest BCUT2D eigenvalue weighted by molar-refractivity contribution is 0.181. The van der Waals surface area contributed by atoms with Crippen LogP contribution in [0.2, 0.25) is 5.15 Å². The van der Waals surface area contributed by atoms with E-state index in [9.17, 15) is 5.11 Å². The Kier molecular flexibility index (Phi) is 2.51. The summed E-state index contributed by atoms with van der Waals surface area (Å²) >= 11 is 5.69. The van der Waals surface area contributed by atoms with Crippen LogP contribution in [-0.2, 0) is 0 Å². The first-order valence-corrected chi connectivity index (χ1v) is 4.93. The molecule has 1 N–H and O–H groups in total. The van der Waals surface area contributed by atoms with Crippen LogP contribution in [0.5, 0.6) is 0 Å². The van der Waals surface area contributed by atoms with Crippen LogP contribution in [0.25, 0.3) is 0 Å². The Hall–Kier alpha value is -0.600. The maximum atomic E-state index is 9.37. The number of nitrogens with zero attached hydrogens (tertiary/aromatic N) is 1. The van der Waals surface area contributed by atoms with Crippen molar-refractivity contribution in [3.05, 3.63) is 29.0 Å². The lowest BCUT2D eigenvalue weighted by atomic mass is 10.00. The van der Waals surface area contributed by atoms with Crippen molar-refractivity contribution in [3.8, 4) is 0 Å². The molecule has 3 heteroatoms. The SMILES string of the molecule is OC1CCC(c2ccc(Cl)nc2)C1.